The van der Waals surface area contributed by atoms with Gasteiger partial charge in [-0.2, -0.15) is 0 Å². The molecule has 22 heavy (non-hydrogen) atoms. The van der Waals surface area contributed by atoms with Gasteiger partial charge in [-0.1, -0.05) is 11.2 Å². The molecule has 0 saturated heterocycles. The predicted molar refractivity (Wildman–Crippen MR) is 79.6 cm³/mol. The van der Waals surface area contributed by atoms with E-state index in [1.807, 2.05) is 5.32 Å². The number of nitrogens with zero attached hydrogens (tertiary/aromatic N) is 5. The Morgan fingerprint density at radius 3 is 2.82 bits per heavy atom. The van der Waals surface area contributed by atoms with E-state index >= 15 is 0 Å². The number of allylic oxidation sites excluding steroid dienone is 1. The highest BCUT2D eigenvalue weighted by atomic mass is 16.3. The van der Waals surface area contributed by atoms with Crippen LogP contribution in [0.5, 0.6) is 0 Å². The van der Waals surface area contributed by atoms with E-state index in [9.17, 15) is 14.7 Å². The molecule has 0 aliphatic rings. The van der Waals surface area contributed by atoms with Crippen LogP contribution in [0.4, 0.5) is 5.82 Å². The summed E-state index contributed by atoms with van der Waals surface area (Å²) in [5.74, 6) is -1.60. The molecular formula is C13H14N6O3. The van der Waals surface area contributed by atoms with E-state index in [1.54, 1.807) is 25.1 Å². The van der Waals surface area contributed by atoms with Crippen molar-refractivity contribution in [2.75, 3.05) is 6.54 Å². The van der Waals surface area contributed by atoms with Crippen molar-refractivity contribution in [3.8, 4) is 0 Å². The quantitative estimate of drug-likeness (QED) is 0.214. The Hall–Kier alpha value is -3.19. The number of carbonyl (C=O) groups is 2. The van der Waals surface area contributed by atoms with E-state index in [-0.39, 0.29) is 11.3 Å². The van der Waals surface area contributed by atoms with Gasteiger partial charge in [0.2, 0.25) is 5.91 Å². The summed E-state index contributed by atoms with van der Waals surface area (Å²) in [7, 11) is 0. The molecule has 2 amide bonds. The summed E-state index contributed by atoms with van der Waals surface area (Å²) in [5.41, 5.74) is 8.64. The largest absolute Gasteiger partial charge is 0.512 e. The van der Waals surface area contributed by atoms with E-state index in [0.29, 0.717) is 5.82 Å². The van der Waals surface area contributed by atoms with Gasteiger partial charge in [-0.25, -0.2) is 9.98 Å². The number of aromatic nitrogens is 1. The monoisotopic (exact) mass is 302 g/mol. The van der Waals surface area contributed by atoms with Crippen LogP contribution in [0.3, 0.4) is 0 Å². The number of aliphatic hydroxyl groups is 1. The van der Waals surface area contributed by atoms with Crippen LogP contribution in [-0.4, -0.2) is 34.7 Å². The Morgan fingerprint density at radius 1 is 1.50 bits per heavy atom. The maximum atomic E-state index is 11.9. The third kappa shape index (κ3) is 5.43. The molecule has 0 bridgehead atoms. The molecule has 9 heteroatoms. The van der Waals surface area contributed by atoms with Gasteiger partial charge in [-0.05, 0) is 31.5 Å². The number of rotatable bonds is 5. The van der Waals surface area contributed by atoms with Crippen LogP contribution in [-0.2, 0) is 9.59 Å². The van der Waals surface area contributed by atoms with Gasteiger partial charge in [0.05, 0.1) is 5.57 Å². The second-order valence-corrected chi connectivity index (χ2v) is 4.16. The second kappa shape index (κ2) is 8.18. The van der Waals surface area contributed by atoms with Crippen LogP contribution in [0, 0.1) is 6.92 Å². The molecule has 1 aromatic heterocycles. The van der Waals surface area contributed by atoms with Crippen molar-refractivity contribution in [2.45, 2.75) is 13.8 Å². The normalized spacial score (nSPS) is 11.5. The number of amides is 2. The number of nitrogens with one attached hydrogen (secondary N) is 1. The number of aliphatic imine (C=N–C) groups is 1. The molecule has 1 heterocycles. The molecule has 9 nitrogen and oxygen atoms in total. The summed E-state index contributed by atoms with van der Waals surface area (Å²) in [4.78, 5) is 33.6. The maximum absolute atomic E-state index is 11.9. The number of carbonyl (C=O) groups excluding carboxylic acids is 2. The first-order valence-corrected chi connectivity index (χ1v) is 6.16. The zero-order valence-electron chi connectivity index (χ0n) is 12.0. The van der Waals surface area contributed by atoms with E-state index in [4.69, 9.17) is 5.53 Å². The van der Waals surface area contributed by atoms with E-state index < -0.39 is 18.4 Å². The lowest BCUT2D eigenvalue weighted by molar-refractivity contribution is -0.127. The van der Waals surface area contributed by atoms with Gasteiger partial charge in [0.15, 0.2) is 5.82 Å². The zero-order chi connectivity index (χ0) is 16.5. The molecule has 1 aromatic rings. The van der Waals surface area contributed by atoms with Crippen molar-refractivity contribution < 1.29 is 14.7 Å². The van der Waals surface area contributed by atoms with E-state index in [2.05, 4.69) is 20.0 Å². The average molecular weight is 302 g/mol. The molecule has 0 atom stereocenters. The van der Waals surface area contributed by atoms with Crippen molar-refractivity contribution in [2.24, 2.45) is 10.1 Å². The number of aryl methyl sites for hydroxylation is 1. The van der Waals surface area contributed by atoms with Crippen molar-refractivity contribution in [1.82, 2.24) is 10.3 Å². The standard InChI is InChI=1S/C13H14N6O3/c1-8-4-3-5-11(17-8)15-6-10(9(2)20)13(22)18-12(21)7-16-19-14/h3-6,20H,7H2,1-2H3,(H,18,21,22)/b10-9+,15-6+. The lowest BCUT2D eigenvalue weighted by Crippen LogP contribution is -2.34. The molecule has 0 saturated carbocycles. The first kappa shape index (κ1) is 16.9. The molecule has 2 N–H and O–H groups in total. The summed E-state index contributed by atoms with van der Waals surface area (Å²) in [6.07, 6.45) is 1.10. The van der Waals surface area contributed by atoms with Crippen LogP contribution in [0.15, 0.2) is 39.6 Å². The lowest BCUT2D eigenvalue weighted by Gasteiger charge is -2.04. The Kier molecular flexibility index (Phi) is 6.27. The van der Waals surface area contributed by atoms with Crippen LogP contribution in [0.1, 0.15) is 12.6 Å². The summed E-state index contributed by atoms with van der Waals surface area (Å²) in [5, 5.41) is 14.5. The van der Waals surface area contributed by atoms with E-state index in [0.717, 1.165) is 11.9 Å². The Morgan fingerprint density at radius 2 is 2.23 bits per heavy atom. The minimum Gasteiger partial charge on any atom is -0.512 e. The fraction of sp³-hybridized carbons (Fsp3) is 0.231. The minimum atomic E-state index is -0.852. The zero-order valence-corrected chi connectivity index (χ0v) is 12.0. The third-order valence-electron chi connectivity index (χ3n) is 2.36. The molecular weight excluding hydrogens is 288 g/mol. The van der Waals surface area contributed by atoms with Crippen LogP contribution < -0.4 is 5.32 Å². The van der Waals surface area contributed by atoms with Crippen molar-refractivity contribution in [3.05, 3.63) is 45.7 Å². The molecule has 0 fully saturated rings. The topological polar surface area (TPSA) is 140 Å². The fourth-order valence-electron chi connectivity index (χ4n) is 1.38. The Bertz CT molecular complexity index is 685. The van der Waals surface area contributed by atoms with Gasteiger partial charge in [-0.15, -0.1) is 0 Å². The van der Waals surface area contributed by atoms with Gasteiger partial charge < -0.3 is 5.11 Å². The Balaban J connectivity index is 2.87. The van der Waals surface area contributed by atoms with Gasteiger partial charge in [0.1, 0.15) is 12.3 Å². The molecule has 0 radical (unpaired) electrons. The molecule has 1 rings (SSSR count). The number of hydrogen-bond acceptors (Lipinski definition) is 6. The highest BCUT2D eigenvalue weighted by Gasteiger charge is 2.14. The molecule has 0 aromatic carbocycles. The minimum absolute atomic E-state index is 0.197. The number of aliphatic hydroxyl groups excluding tert-OH is 1. The first-order valence-electron chi connectivity index (χ1n) is 6.16. The molecule has 0 unspecified atom stereocenters. The van der Waals surface area contributed by atoms with Crippen molar-refractivity contribution in [3.63, 3.8) is 0 Å². The van der Waals surface area contributed by atoms with Crippen LogP contribution >= 0.6 is 0 Å². The molecule has 0 aliphatic carbocycles. The third-order valence-corrected chi connectivity index (χ3v) is 2.36. The molecule has 0 aliphatic heterocycles. The summed E-state index contributed by atoms with van der Waals surface area (Å²) in [6, 6.07) is 5.15. The maximum Gasteiger partial charge on any atom is 0.262 e. The number of imide groups is 1. The predicted octanol–water partition coefficient (Wildman–Crippen LogP) is 1.88. The van der Waals surface area contributed by atoms with Gasteiger partial charge >= 0.3 is 0 Å². The van der Waals surface area contributed by atoms with Gasteiger partial charge in [0, 0.05) is 16.8 Å². The highest BCUT2D eigenvalue weighted by molar-refractivity contribution is 6.17. The van der Waals surface area contributed by atoms with Crippen molar-refractivity contribution >= 4 is 23.8 Å². The van der Waals surface area contributed by atoms with Gasteiger partial charge in [-0.3, -0.25) is 14.9 Å². The SMILES string of the molecule is C/C(O)=C(/C=N/c1cccc(C)n1)C(=O)NC(=O)CN=[N+]=[N-]. The van der Waals surface area contributed by atoms with Crippen LogP contribution in [0.25, 0.3) is 10.4 Å². The fourth-order valence-corrected chi connectivity index (χ4v) is 1.38. The molecule has 0 spiro atoms. The van der Waals surface area contributed by atoms with Gasteiger partial charge in [0.25, 0.3) is 5.91 Å². The smallest absolute Gasteiger partial charge is 0.262 e. The Labute approximate surface area is 126 Å². The van der Waals surface area contributed by atoms with Crippen LogP contribution in [0.2, 0.25) is 0 Å². The summed E-state index contributed by atoms with van der Waals surface area (Å²) < 4.78 is 0. The number of hydrogen-bond donors (Lipinski definition) is 2. The van der Waals surface area contributed by atoms with E-state index in [1.165, 1.54) is 6.92 Å². The molecule has 114 valence electrons. The average Bonchev–Trinajstić information content (AvgIpc) is 2.45. The van der Waals surface area contributed by atoms with Crippen molar-refractivity contribution in [1.29, 1.82) is 0 Å². The lowest BCUT2D eigenvalue weighted by atomic mass is 10.2. The number of pyridine rings is 1. The summed E-state index contributed by atoms with van der Waals surface area (Å²) in [6.45, 7) is 2.55. The first-order chi connectivity index (χ1) is 10.4. The summed E-state index contributed by atoms with van der Waals surface area (Å²) >= 11 is 0. The number of azide groups is 1. The second-order valence-electron chi connectivity index (χ2n) is 4.16. The highest BCUT2D eigenvalue weighted by Crippen LogP contribution is 2.09.